The van der Waals surface area contributed by atoms with Crippen LogP contribution in [0.2, 0.25) is 0 Å². The van der Waals surface area contributed by atoms with Crippen LogP contribution in [0.25, 0.3) is 0 Å². The van der Waals surface area contributed by atoms with Crippen molar-refractivity contribution in [2.75, 3.05) is 11.9 Å². The van der Waals surface area contributed by atoms with E-state index in [1.54, 1.807) is 0 Å². The number of nitrogens with one attached hydrogen (secondary N) is 2. The molecular formula is C11H14N2O. The second-order valence-corrected chi connectivity index (χ2v) is 3.56. The first-order chi connectivity index (χ1) is 6.84. The van der Waals surface area contributed by atoms with Gasteiger partial charge in [-0.1, -0.05) is 18.2 Å². The summed E-state index contributed by atoms with van der Waals surface area (Å²) in [6, 6.07) is 10.2. The monoisotopic (exact) mass is 190 g/mol. The fourth-order valence-corrected chi connectivity index (χ4v) is 1.24. The van der Waals surface area contributed by atoms with Crippen LogP contribution in [0.15, 0.2) is 30.3 Å². The van der Waals surface area contributed by atoms with Gasteiger partial charge in [0.05, 0.1) is 6.54 Å². The van der Waals surface area contributed by atoms with Crippen molar-refractivity contribution < 1.29 is 4.79 Å². The molecule has 1 amide bonds. The van der Waals surface area contributed by atoms with E-state index >= 15 is 0 Å². The lowest BCUT2D eigenvalue weighted by atomic mass is 10.3. The Morgan fingerprint density at radius 1 is 1.29 bits per heavy atom. The number of hydrogen-bond donors (Lipinski definition) is 2. The minimum atomic E-state index is 0.0800. The molecule has 1 aliphatic rings. The maximum atomic E-state index is 11.3. The Bertz CT molecular complexity index is 306. The van der Waals surface area contributed by atoms with Gasteiger partial charge in [-0.15, -0.1) is 0 Å². The molecule has 74 valence electrons. The maximum absolute atomic E-state index is 11.3. The molecule has 2 rings (SSSR count). The molecule has 0 bridgehead atoms. The molecule has 0 heterocycles. The molecule has 3 nitrogen and oxygen atoms in total. The predicted octanol–water partition coefficient (Wildman–Crippen LogP) is 1.38. The van der Waals surface area contributed by atoms with Crippen LogP contribution in [0.5, 0.6) is 0 Å². The van der Waals surface area contributed by atoms with Crippen LogP contribution in [0.3, 0.4) is 0 Å². The summed E-state index contributed by atoms with van der Waals surface area (Å²) < 4.78 is 0. The third-order valence-electron chi connectivity index (χ3n) is 2.17. The molecule has 1 aliphatic carbocycles. The first kappa shape index (κ1) is 9.06. The topological polar surface area (TPSA) is 41.1 Å². The Morgan fingerprint density at radius 3 is 2.64 bits per heavy atom. The van der Waals surface area contributed by atoms with E-state index in [9.17, 15) is 4.79 Å². The molecule has 0 saturated heterocycles. The fraction of sp³-hybridized carbons (Fsp3) is 0.364. The van der Waals surface area contributed by atoms with Gasteiger partial charge in [0.15, 0.2) is 0 Å². The summed E-state index contributed by atoms with van der Waals surface area (Å²) in [6.45, 7) is 0.362. The number of carbonyl (C=O) groups excluding carboxylic acids is 1. The van der Waals surface area contributed by atoms with E-state index in [-0.39, 0.29) is 5.91 Å². The Labute approximate surface area is 83.5 Å². The van der Waals surface area contributed by atoms with Crippen LogP contribution in [0.4, 0.5) is 5.69 Å². The molecule has 0 radical (unpaired) electrons. The minimum absolute atomic E-state index is 0.0800. The first-order valence-electron chi connectivity index (χ1n) is 4.93. The van der Waals surface area contributed by atoms with Crippen molar-refractivity contribution >= 4 is 11.6 Å². The first-order valence-corrected chi connectivity index (χ1v) is 4.93. The summed E-state index contributed by atoms with van der Waals surface area (Å²) >= 11 is 0. The van der Waals surface area contributed by atoms with Crippen molar-refractivity contribution in [2.45, 2.75) is 18.9 Å². The van der Waals surface area contributed by atoms with Gasteiger partial charge in [0.1, 0.15) is 0 Å². The molecule has 0 unspecified atom stereocenters. The quantitative estimate of drug-likeness (QED) is 0.753. The van der Waals surface area contributed by atoms with Gasteiger partial charge in [-0.3, -0.25) is 4.79 Å². The molecule has 14 heavy (non-hydrogen) atoms. The van der Waals surface area contributed by atoms with E-state index < -0.39 is 0 Å². The molecule has 0 aromatic heterocycles. The third kappa shape index (κ3) is 2.76. The predicted molar refractivity (Wildman–Crippen MR) is 56.1 cm³/mol. The lowest BCUT2D eigenvalue weighted by molar-refractivity contribution is -0.119. The summed E-state index contributed by atoms with van der Waals surface area (Å²) in [4.78, 5) is 11.3. The zero-order valence-corrected chi connectivity index (χ0v) is 7.99. The van der Waals surface area contributed by atoms with Gasteiger partial charge in [0.25, 0.3) is 0 Å². The van der Waals surface area contributed by atoms with Crippen LogP contribution in [-0.4, -0.2) is 18.5 Å². The normalized spacial score (nSPS) is 14.9. The van der Waals surface area contributed by atoms with Gasteiger partial charge in [-0.2, -0.15) is 0 Å². The lowest BCUT2D eigenvalue weighted by Crippen LogP contribution is -2.31. The van der Waals surface area contributed by atoms with E-state index in [0.29, 0.717) is 12.6 Å². The summed E-state index contributed by atoms with van der Waals surface area (Å²) in [5.41, 5.74) is 0.985. The Hall–Kier alpha value is -1.51. The number of benzene rings is 1. The highest BCUT2D eigenvalue weighted by molar-refractivity contribution is 5.81. The van der Waals surface area contributed by atoms with E-state index in [1.807, 2.05) is 30.3 Å². The van der Waals surface area contributed by atoms with Crippen LogP contribution in [-0.2, 0) is 4.79 Å². The number of para-hydroxylation sites is 1. The zero-order chi connectivity index (χ0) is 9.80. The van der Waals surface area contributed by atoms with E-state index in [2.05, 4.69) is 10.6 Å². The Kier molecular flexibility index (Phi) is 2.68. The molecule has 1 aromatic carbocycles. The molecule has 0 atom stereocenters. The third-order valence-corrected chi connectivity index (χ3v) is 2.17. The number of amides is 1. The molecule has 0 spiro atoms. The number of anilines is 1. The number of rotatable bonds is 4. The van der Waals surface area contributed by atoms with Gasteiger partial charge in [-0.05, 0) is 25.0 Å². The smallest absolute Gasteiger partial charge is 0.239 e. The second-order valence-electron chi connectivity index (χ2n) is 3.56. The SMILES string of the molecule is O=C(CNc1ccccc1)NC1CC1. The minimum Gasteiger partial charge on any atom is -0.376 e. The molecule has 3 heteroatoms. The molecule has 1 saturated carbocycles. The Balaban J connectivity index is 1.73. The van der Waals surface area contributed by atoms with Gasteiger partial charge in [0.2, 0.25) is 5.91 Å². The van der Waals surface area contributed by atoms with E-state index in [4.69, 9.17) is 0 Å². The maximum Gasteiger partial charge on any atom is 0.239 e. The molecular weight excluding hydrogens is 176 g/mol. The highest BCUT2D eigenvalue weighted by Gasteiger charge is 2.22. The van der Waals surface area contributed by atoms with Crippen LogP contribution in [0.1, 0.15) is 12.8 Å². The van der Waals surface area contributed by atoms with Crippen molar-refractivity contribution in [1.29, 1.82) is 0 Å². The van der Waals surface area contributed by atoms with Crippen molar-refractivity contribution in [1.82, 2.24) is 5.32 Å². The molecule has 0 aliphatic heterocycles. The Morgan fingerprint density at radius 2 is 2.00 bits per heavy atom. The summed E-state index contributed by atoms with van der Waals surface area (Å²) in [6.07, 6.45) is 2.27. The molecule has 2 N–H and O–H groups in total. The van der Waals surface area contributed by atoms with Gasteiger partial charge >= 0.3 is 0 Å². The summed E-state index contributed by atoms with van der Waals surface area (Å²) in [5.74, 6) is 0.0800. The standard InChI is InChI=1S/C11H14N2O/c14-11(13-10-6-7-10)8-12-9-4-2-1-3-5-9/h1-5,10,12H,6-8H2,(H,13,14). The van der Waals surface area contributed by atoms with E-state index in [1.165, 1.54) is 0 Å². The van der Waals surface area contributed by atoms with Gasteiger partial charge in [0, 0.05) is 11.7 Å². The highest BCUT2D eigenvalue weighted by Crippen LogP contribution is 2.18. The molecule has 1 fully saturated rings. The summed E-state index contributed by atoms with van der Waals surface area (Å²) in [5, 5.41) is 5.99. The average molecular weight is 190 g/mol. The van der Waals surface area contributed by atoms with Crippen molar-refractivity contribution in [3.8, 4) is 0 Å². The fourth-order valence-electron chi connectivity index (χ4n) is 1.24. The second kappa shape index (κ2) is 4.13. The van der Waals surface area contributed by atoms with Crippen molar-refractivity contribution in [3.05, 3.63) is 30.3 Å². The largest absolute Gasteiger partial charge is 0.376 e. The highest BCUT2D eigenvalue weighted by atomic mass is 16.2. The number of carbonyl (C=O) groups is 1. The van der Waals surface area contributed by atoms with Crippen molar-refractivity contribution in [2.24, 2.45) is 0 Å². The number of hydrogen-bond acceptors (Lipinski definition) is 2. The van der Waals surface area contributed by atoms with Crippen molar-refractivity contribution in [3.63, 3.8) is 0 Å². The van der Waals surface area contributed by atoms with Gasteiger partial charge in [-0.25, -0.2) is 0 Å². The van der Waals surface area contributed by atoms with Gasteiger partial charge < -0.3 is 10.6 Å². The van der Waals surface area contributed by atoms with E-state index in [0.717, 1.165) is 18.5 Å². The average Bonchev–Trinajstić information content (AvgIpc) is 3.00. The molecule has 1 aromatic rings. The lowest BCUT2D eigenvalue weighted by Gasteiger charge is -2.06. The van der Waals surface area contributed by atoms with Crippen LogP contribution in [0, 0.1) is 0 Å². The van der Waals surface area contributed by atoms with Crippen LogP contribution >= 0.6 is 0 Å². The van der Waals surface area contributed by atoms with Crippen LogP contribution < -0.4 is 10.6 Å². The summed E-state index contributed by atoms with van der Waals surface area (Å²) in [7, 11) is 0. The zero-order valence-electron chi connectivity index (χ0n) is 7.99.